The fourth-order valence-electron chi connectivity index (χ4n) is 4.98. The molecule has 3 fully saturated rings. The molecule has 0 radical (unpaired) electrons. The van der Waals surface area contributed by atoms with Gasteiger partial charge in [0.1, 0.15) is 5.69 Å². The van der Waals surface area contributed by atoms with Crippen molar-refractivity contribution < 1.29 is 9.59 Å². The number of piperidine rings is 2. The molecule has 1 atom stereocenters. The number of likely N-dealkylation sites (N-methyl/N-ethyl adjacent to an activating group) is 1. The maximum atomic E-state index is 13.0. The Morgan fingerprint density at radius 1 is 0.931 bits per heavy atom. The second kappa shape index (κ2) is 8.83. The number of rotatable bonds is 3. The molecule has 1 aromatic heterocycles. The van der Waals surface area contributed by atoms with Crippen molar-refractivity contribution in [3.8, 4) is 0 Å². The van der Waals surface area contributed by atoms with Crippen LogP contribution in [-0.4, -0.2) is 106 Å². The predicted molar refractivity (Wildman–Crippen MR) is 111 cm³/mol. The molecule has 0 spiro atoms. The van der Waals surface area contributed by atoms with Crippen LogP contribution in [0.4, 0.5) is 0 Å². The maximum Gasteiger partial charge on any atom is 0.272 e. The van der Waals surface area contributed by atoms with Gasteiger partial charge in [-0.25, -0.2) is 4.98 Å². The average molecular weight is 403 g/mol. The van der Waals surface area contributed by atoms with E-state index >= 15 is 0 Å². The summed E-state index contributed by atoms with van der Waals surface area (Å²) in [6.07, 6.45) is 7.40. The summed E-state index contributed by atoms with van der Waals surface area (Å²) < 4.78 is 1.79. The average Bonchev–Trinajstić information content (AvgIpc) is 3.19. The van der Waals surface area contributed by atoms with E-state index in [1.54, 1.807) is 17.1 Å². The lowest BCUT2D eigenvalue weighted by atomic mass is 9.92. The van der Waals surface area contributed by atoms with Gasteiger partial charge >= 0.3 is 0 Å². The summed E-state index contributed by atoms with van der Waals surface area (Å²) in [5.74, 6) is 0.568. The molecule has 3 aliphatic rings. The molecule has 0 bridgehead atoms. The lowest BCUT2D eigenvalue weighted by Gasteiger charge is -2.43. The Hall–Kier alpha value is -1.93. The molecule has 1 aromatic rings. The lowest BCUT2D eigenvalue weighted by molar-refractivity contribution is -0.139. The molecule has 3 saturated heterocycles. The van der Waals surface area contributed by atoms with Gasteiger partial charge in [-0.1, -0.05) is 0 Å². The number of aryl methyl sites for hydroxylation is 1. The van der Waals surface area contributed by atoms with E-state index in [-0.39, 0.29) is 11.8 Å². The first-order valence-electron chi connectivity index (χ1n) is 11.0. The number of likely N-dealkylation sites (tertiary alicyclic amines) is 2. The number of carbonyl (C=O) groups excluding carboxylic acids is 2. The summed E-state index contributed by atoms with van der Waals surface area (Å²) in [6, 6.07) is 0.480. The second-order valence-electron chi connectivity index (χ2n) is 8.88. The normalized spacial score (nSPS) is 25.4. The highest BCUT2D eigenvalue weighted by Crippen LogP contribution is 2.26. The minimum absolute atomic E-state index is 0.0743. The molecule has 8 nitrogen and oxygen atoms in total. The topological polar surface area (TPSA) is 64.9 Å². The van der Waals surface area contributed by atoms with Crippen molar-refractivity contribution in [2.24, 2.45) is 13.0 Å². The Balaban J connectivity index is 1.29. The van der Waals surface area contributed by atoms with Crippen molar-refractivity contribution in [1.29, 1.82) is 0 Å². The van der Waals surface area contributed by atoms with Crippen LogP contribution in [0.1, 0.15) is 36.2 Å². The summed E-state index contributed by atoms with van der Waals surface area (Å²) in [5.41, 5.74) is 0.652. The first-order valence-corrected chi connectivity index (χ1v) is 11.0. The van der Waals surface area contributed by atoms with Gasteiger partial charge in [-0.3, -0.25) is 14.5 Å². The number of hydrogen-bond donors (Lipinski definition) is 0. The molecule has 0 unspecified atom stereocenters. The summed E-state index contributed by atoms with van der Waals surface area (Å²) in [5, 5.41) is 0. The van der Waals surface area contributed by atoms with E-state index in [0.717, 1.165) is 78.0 Å². The first kappa shape index (κ1) is 20.3. The van der Waals surface area contributed by atoms with Gasteiger partial charge in [0.2, 0.25) is 5.91 Å². The maximum absolute atomic E-state index is 13.0. The first-order chi connectivity index (χ1) is 14.0. The summed E-state index contributed by atoms with van der Waals surface area (Å²) in [4.78, 5) is 38.6. The molecule has 0 aromatic carbocycles. The largest absolute Gasteiger partial charge is 0.340 e. The Kier molecular flexibility index (Phi) is 6.20. The van der Waals surface area contributed by atoms with Crippen molar-refractivity contribution in [1.82, 2.24) is 29.2 Å². The van der Waals surface area contributed by atoms with Crippen LogP contribution in [0.25, 0.3) is 0 Å². The number of amides is 2. The van der Waals surface area contributed by atoms with Crippen molar-refractivity contribution >= 4 is 11.8 Å². The SMILES string of the molecule is CN1CCN(C(=O)[C@H]2CCCN(C3CCN(C(=O)c4cncn4C)CC3)C2)CC1. The highest BCUT2D eigenvalue weighted by Gasteiger charge is 2.35. The van der Waals surface area contributed by atoms with Crippen LogP contribution >= 0.6 is 0 Å². The van der Waals surface area contributed by atoms with Crippen LogP contribution in [0, 0.1) is 5.92 Å². The van der Waals surface area contributed by atoms with Crippen LogP contribution in [0.2, 0.25) is 0 Å². The van der Waals surface area contributed by atoms with Gasteiger partial charge in [0.15, 0.2) is 0 Å². The smallest absolute Gasteiger partial charge is 0.272 e. The highest BCUT2D eigenvalue weighted by atomic mass is 16.2. The van der Waals surface area contributed by atoms with Crippen molar-refractivity contribution in [2.75, 3.05) is 59.4 Å². The number of nitrogens with zero attached hydrogens (tertiary/aromatic N) is 6. The molecule has 2 amide bonds. The Morgan fingerprint density at radius 3 is 2.31 bits per heavy atom. The highest BCUT2D eigenvalue weighted by molar-refractivity contribution is 5.92. The summed E-state index contributed by atoms with van der Waals surface area (Å²) >= 11 is 0. The molecular weight excluding hydrogens is 368 g/mol. The zero-order chi connectivity index (χ0) is 20.4. The predicted octanol–water partition coefficient (Wildman–Crippen LogP) is 0.511. The molecule has 8 heteroatoms. The molecule has 3 aliphatic heterocycles. The third-order valence-electron chi connectivity index (χ3n) is 6.92. The van der Waals surface area contributed by atoms with E-state index in [2.05, 4.69) is 26.7 Å². The summed E-state index contributed by atoms with van der Waals surface area (Å²) in [6.45, 7) is 7.19. The quantitative estimate of drug-likeness (QED) is 0.737. The van der Waals surface area contributed by atoms with E-state index in [9.17, 15) is 9.59 Å². The molecule has 4 heterocycles. The lowest BCUT2D eigenvalue weighted by Crippen LogP contribution is -2.54. The molecule has 0 aliphatic carbocycles. The number of carbonyl (C=O) groups is 2. The van der Waals surface area contributed by atoms with Crippen LogP contribution < -0.4 is 0 Å². The Bertz CT molecular complexity index is 719. The Labute approximate surface area is 173 Å². The molecule has 0 N–H and O–H groups in total. The third-order valence-corrected chi connectivity index (χ3v) is 6.92. The van der Waals surface area contributed by atoms with Gasteiger partial charge in [-0.2, -0.15) is 0 Å². The van der Waals surface area contributed by atoms with E-state index in [1.807, 2.05) is 11.9 Å². The zero-order valence-electron chi connectivity index (χ0n) is 17.8. The van der Waals surface area contributed by atoms with Crippen LogP contribution in [-0.2, 0) is 11.8 Å². The fraction of sp³-hybridized carbons (Fsp3) is 0.762. The van der Waals surface area contributed by atoms with Crippen LogP contribution in [0.5, 0.6) is 0 Å². The van der Waals surface area contributed by atoms with Crippen molar-refractivity contribution in [3.63, 3.8) is 0 Å². The monoisotopic (exact) mass is 402 g/mol. The zero-order valence-corrected chi connectivity index (χ0v) is 17.8. The van der Waals surface area contributed by atoms with Crippen LogP contribution in [0.15, 0.2) is 12.5 Å². The number of aromatic nitrogens is 2. The molecule has 160 valence electrons. The minimum Gasteiger partial charge on any atom is -0.340 e. The van der Waals surface area contributed by atoms with E-state index in [0.29, 0.717) is 17.6 Å². The van der Waals surface area contributed by atoms with Gasteiger partial charge in [0.05, 0.1) is 18.4 Å². The molecule has 0 saturated carbocycles. The minimum atomic E-state index is 0.0743. The standard InChI is InChI=1S/C21H34N6O2/c1-23-10-12-26(13-11-23)20(28)17-4-3-7-27(15-17)18-5-8-25(9-6-18)21(29)19-14-22-16-24(19)2/h14,16-18H,3-13,15H2,1-2H3/t17-/m0/s1. The summed E-state index contributed by atoms with van der Waals surface area (Å²) in [7, 11) is 3.98. The van der Waals surface area contributed by atoms with Gasteiger partial charge in [-0.15, -0.1) is 0 Å². The van der Waals surface area contributed by atoms with Gasteiger partial charge in [0, 0.05) is 58.9 Å². The molecule has 4 rings (SSSR count). The van der Waals surface area contributed by atoms with Crippen molar-refractivity contribution in [3.05, 3.63) is 18.2 Å². The van der Waals surface area contributed by atoms with Gasteiger partial charge < -0.3 is 19.3 Å². The van der Waals surface area contributed by atoms with Crippen molar-refractivity contribution in [2.45, 2.75) is 31.7 Å². The van der Waals surface area contributed by atoms with Crippen LogP contribution in [0.3, 0.4) is 0 Å². The van der Waals surface area contributed by atoms with Gasteiger partial charge in [0.25, 0.3) is 5.91 Å². The Morgan fingerprint density at radius 2 is 1.66 bits per heavy atom. The van der Waals surface area contributed by atoms with E-state index < -0.39 is 0 Å². The molecule has 29 heavy (non-hydrogen) atoms. The van der Waals surface area contributed by atoms with Gasteiger partial charge in [-0.05, 0) is 39.3 Å². The third kappa shape index (κ3) is 4.48. The second-order valence-corrected chi connectivity index (χ2v) is 8.88. The fourth-order valence-corrected chi connectivity index (χ4v) is 4.98. The molecular formula is C21H34N6O2. The number of piperazine rings is 1. The number of imidazole rings is 1. The van der Waals surface area contributed by atoms with E-state index in [1.165, 1.54) is 0 Å². The van der Waals surface area contributed by atoms with E-state index in [4.69, 9.17) is 0 Å². The number of hydrogen-bond acceptors (Lipinski definition) is 5.